The summed E-state index contributed by atoms with van der Waals surface area (Å²) in [5.74, 6) is 0.0948. The molecule has 16 heteroatoms. The van der Waals surface area contributed by atoms with Gasteiger partial charge in [0.2, 0.25) is 6.79 Å². The average molecular weight is 698 g/mol. The van der Waals surface area contributed by atoms with E-state index in [2.05, 4.69) is 0 Å². The Morgan fingerprint density at radius 2 is 1.76 bits per heavy atom. The second kappa shape index (κ2) is 14.2. The van der Waals surface area contributed by atoms with E-state index in [4.69, 9.17) is 53.8 Å². The van der Waals surface area contributed by atoms with Gasteiger partial charge in [-0.1, -0.05) is 12.1 Å². The van der Waals surface area contributed by atoms with E-state index in [0.717, 1.165) is 11.1 Å². The molecule has 50 heavy (non-hydrogen) atoms. The highest BCUT2D eigenvalue weighted by molar-refractivity contribution is 5.90. The summed E-state index contributed by atoms with van der Waals surface area (Å²) in [6, 6.07) is 13.9. The number of carboxylic acids is 1. The second-order valence-electron chi connectivity index (χ2n) is 12.1. The number of hydrogen-bond acceptors (Lipinski definition) is 15. The highest BCUT2D eigenvalue weighted by Gasteiger charge is 2.48. The summed E-state index contributed by atoms with van der Waals surface area (Å²) in [4.78, 5) is 34.3. The van der Waals surface area contributed by atoms with E-state index in [1.54, 1.807) is 36.4 Å². The van der Waals surface area contributed by atoms with Crippen LogP contribution in [0.15, 0.2) is 48.5 Å². The summed E-state index contributed by atoms with van der Waals surface area (Å²) < 4.78 is 40.1. The maximum Gasteiger partial charge on any atom is 0.317 e. The minimum absolute atomic E-state index is 0.0295. The van der Waals surface area contributed by atoms with Gasteiger partial charge in [-0.25, -0.2) is 0 Å². The van der Waals surface area contributed by atoms with Crippen LogP contribution in [0.4, 0.5) is 0 Å². The van der Waals surface area contributed by atoms with Crippen molar-refractivity contribution >= 4 is 11.9 Å². The number of phenolic OH excluding ortho intramolecular Hbond substituents is 1. The van der Waals surface area contributed by atoms with Crippen LogP contribution in [0.3, 0.4) is 0 Å². The Morgan fingerprint density at radius 3 is 2.54 bits per heavy atom. The molecule has 3 aromatic carbocycles. The molecule has 266 valence electrons. The summed E-state index contributed by atoms with van der Waals surface area (Å²) in [5.41, 5.74) is 8.55. The van der Waals surface area contributed by atoms with E-state index in [0.29, 0.717) is 40.7 Å². The number of rotatable bonds is 12. The lowest BCUT2D eigenvalue weighted by atomic mass is 9.88. The predicted octanol–water partition coefficient (Wildman–Crippen LogP) is 1.44. The average Bonchev–Trinajstić information content (AvgIpc) is 3.70. The fourth-order valence-electron chi connectivity index (χ4n) is 6.34. The number of aliphatic carboxylic acids is 1. The number of aromatic hydroxyl groups is 1. The fourth-order valence-corrected chi connectivity index (χ4v) is 6.34. The molecule has 6 N–H and O–H groups in total. The van der Waals surface area contributed by atoms with E-state index >= 15 is 0 Å². The third-order valence-electron chi connectivity index (χ3n) is 8.74. The number of nitrogens with two attached hydrogens (primary N) is 1. The van der Waals surface area contributed by atoms with E-state index in [-0.39, 0.29) is 43.8 Å². The lowest BCUT2D eigenvalue weighted by molar-refractivity contribution is -0.372. The predicted molar refractivity (Wildman–Crippen MR) is 166 cm³/mol. The van der Waals surface area contributed by atoms with Crippen LogP contribution >= 0.6 is 0 Å². The molecule has 0 aliphatic carbocycles. The lowest BCUT2D eigenvalue weighted by Crippen LogP contribution is -2.60. The third kappa shape index (κ3) is 6.81. The van der Waals surface area contributed by atoms with E-state index in [1.165, 1.54) is 0 Å². The molecule has 0 saturated carbocycles. The second-order valence-corrected chi connectivity index (χ2v) is 12.1. The van der Waals surface area contributed by atoms with Crippen molar-refractivity contribution in [2.75, 3.05) is 33.2 Å². The number of carboxylic acid groups (broad SMARTS) is 1. The van der Waals surface area contributed by atoms with E-state index < -0.39 is 61.8 Å². The van der Waals surface area contributed by atoms with Gasteiger partial charge in [0.1, 0.15) is 54.7 Å². The van der Waals surface area contributed by atoms with Crippen molar-refractivity contribution in [1.29, 1.82) is 0 Å². The SMILES string of the molecule is NCCO[C@@H]1O[C@H](COC(=O)CC(=O)O)[C@@H](O)[C@H](O)[C@H]1OOc1cc2c(cc1Cc1cccc(O)c1)OC[C@@H]1c3cc4c(cc3O[C@H]21)OCO4. The van der Waals surface area contributed by atoms with Crippen molar-refractivity contribution < 1.29 is 72.9 Å². The van der Waals surface area contributed by atoms with Crippen molar-refractivity contribution in [3.8, 4) is 34.5 Å². The van der Waals surface area contributed by atoms with Gasteiger partial charge in [0.25, 0.3) is 0 Å². The van der Waals surface area contributed by atoms with Crippen LogP contribution in [0.25, 0.3) is 0 Å². The molecular formula is C34H35NO15. The molecule has 0 aromatic heterocycles. The van der Waals surface area contributed by atoms with E-state index in [1.807, 2.05) is 12.1 Å². The van der Waals surface area contributed by atoms with Gasteiger partial charge in [0, 0.05) is 35.7 Å². The van der Waals surface area contributed by atoms with Gasteiger partial charge in [-0.2, -0.15) is 4.89 Å². The first-order valence-corrected chi connectivity index (χ1v) is 15.9. The smallest absolute Gasteiger partial charge is 0.317 e. The first-order valence-electron chi connectivity index (χ1n) is 15.9. The molecule has 1 fully saturated rings. The van der Waals surface area contributed by atoms with Crippen LogP contribution < -0.4 is 29.6 Å². The number of aliphatic hydroxyl groups is 2. The Kier molecular flexibility index (Phi) is 9.54. The molecule has 7 rings (SSSR count). The van der Waals surface area contributed by atoms with Crippen LogP contribution in [0, 0.1) is 0 Å². The van der Waals surface area contributed by atoms with Gasteiger partial charge in [0.05, 0.1) is 19.1 Å². The molecular weight excluding hydrogens is 662 g/mol. The van der Waals surface area contributed by atoms with Gasteiger partial charge in [-0.05, 0) is 35.9 Å². The zero-order valence-electron chi connectivity index (χ0n) is 26.5. The van der Waals surface area contributed by atoms with Gasteiger partial charge in [0.15, 0.2) is 29.6 Å². The Hall–Kier alpha value is -4.84. The first kappa shape index (κ1) is 33.6. The van der Waals surface area contributed by atoms with Gasteiger partial charge in [-0.3, -0.25) is 9.59 Å². The molecule has 0 radical (unpaired) electrons. The largest absolute Gasteiger partial charge is 0.508 e. The van der Waals surface area contributed by atoms with Gasteiger partial charge < -0.3 is 64.2 Å². The molecule has 1 saturated heterocycles. The lowest BCUT2D eigenvalue weighted by Gasteiger charge is -2.41. The maximum atomic E-state index is 11.8. The quantitative estimate of drug-likeness (QED) is 0.0781. The highest BCUT2D eigenvalue weighted by atomic mass is 17.2. The van der Waals surface area contributed by atoms with Crippen LogP contribution in [0.5, 0.6) is 34.5 Å². The van der Waals surface area contributed by atoms with Crippen molar-refractivity contribution in [2.45, 2.75) is 55.6 Å². The number of hydrogen-bond donors (Lipinski definition) is 5. The first-order chi connectivity index (χ1) is 24.2. The maximum absolute atomic E-state index is 11.8. The minimum Gasteiger partial charge on any atom is -0.508 e. The molecule has 0 amide bonds. The topological polar surface area (TPSA) is 224 Å². The fraction of sp³-hybridized carbons (Fsp3) is 0.412. The number of ether oxygens (including phenoxy) is 7. The number of fused-ring (bicyclic) bond motifs is 6. The van der Waals surface area contributed by atoms with E-state index in [9.17, 15) is 24.9 Å². The van der Waals surface area contributed by atoms with Crippen LogP contribution in [0.1, 0.15) is 40.7 Å². The van der Waals surface area contributed by atoms with Crippen LogP contribution in [0.2, 0.25) is 0 Å². The van der Waals surface area contributed by atoms with Gasteiger partial charge in [-0.15, -0.1) is 0 Å². The zero-order valence-corrected chi connectivity index (χ0v) is 26.5. The monoisotopic (exact) mass is 697 g/mol. The summed E-state index contributed by atoms with van der Waals surface area (Å²) >= 11 is 0. The van der Waals surface area contributed by atoms with Gasteiger partial charge >= 0.3 is 11.9 Å². The Morgan fingerprint density at radius 1 is 0.940 bits per heavy atom. The molecule has 0 bridgehead atoms. The Bertz CT molecular complexity index is 1750. The molecule has 3 aromatic rings. The number of benzene rings is 3. The number of aliphatic hydroxyl groups excluding tert-OH is 2. The number of phenols is 1. The standard InChI is InChI=1S/C34H35NO15/c35-4-5-42-34-33(31(41)30(40)27(48-34)14-44-29(39)12-28(37)38)50-49-22-10-20-23(8-17(22)6-16-2-1-3-18(36)7-16)43-13-21-19-9-25-26(46-15-45-25)11-24(19)47-32(20)21/h1-3,7-11,21,27,30-34,36,40-41H,4-6,12-15,35H2,(H,37,38)/t21-,27-,30-,31+,32-,33-,34-/m1/s1. The van der Waals surface area contributed by atoms with Crippen LogP contribution in [-0.2, 0) is 35.1 Å². The molecule has 7 atom stereocenters. The molecule has 16 nitrogen and oxygen atoms in total. The highest BCUT2D eigenvalue weighted by Crippen LogP contribution is 2.55. The molecule has 4 aliphatic rings. The number of carbonyl (C=O) groups excluding carboxylic acids is 1. The van der Waals surface area contributed by atoms with Crippen molar-refractivity contribution in [1.82, 2.24) is 0 Å². The van der Waals surface area contributed by atoms with Crippen molar-refractivity contribution in [2.24, 2.45) is 5.73 Å². The number of carbonyl (C=O) groups is 2. The number of esters is 1. The third-order valence-corrected chi connectivity index (χ3v) is 8.74. The van der Waals surface area contributed by atoms with Crippen molar-refractivity contribution in [3.63, 3.8) is 0 Å². The summed E-state index contributed by atoms with van der Waals surface area (Å²) in [6.45, 7) is -0.0483. The molecule has 0 spiro atoms. The Labute approximate surface area is 284 Å². The summed E-state index contributed by atoms with van der Waals surface area (Å²) in [5, 5.41) is 40.9. The van der Waals surface area contributed by atoms with Crippen LogP contribution in [-0.4, -0.2) is 96.2 Å². The summed E-state index contributed by atoms with van der Waals surface area (Å²) in [7, 11) is 0. The Balaban J connectivity index is 1.15. The summed E-state index contributed by atoms with van der Waals surface area (Å²) in [6.07, 6.45) is -8.45. The van der Waals surface area contributed by atoms with Crippen molar-refractivity contribution in [3.05, 3.63) is 70.8 Å². The molecule has 0 unspecified atom stereocenters. The minimum atomic E-state index is -1.67. The molecule has 4 aliphatic heterocycles. The zero-order chi connectivity index (χ0) is 34.9. The normalized spacial score (nSPS) is 25.8. The molecule has 4 heterocycles.